The van der Waals surface area contributed by atoms with Crippen molar-refractivity contribution in [2.45, 2.75) is 13.5 Å². The Morgan fingerprint density at radius 2 is 1.76 bits per heavy atom. The maximum absolute atomic E-state index is 5.66. The van der Waals surface area contributed by atoms with E-state index in [1.54, 1.807) is 0 Å². The summed E-state index contributed by atoms with van der Waals surface area (Å²) in [4.78, 5) is 6.79. The van der Waals surface area contributed by atoms with Crippen LogP contribution in [0.1, 0.15) is 11.3 Å². The number of fused-ring (bicyclic) bond motifs is 1. The Balaban J connectivity index is 2.09. The topological polar surface area (TPSA) is 42.1 Å². The predicted molar refractivity (Wildman–Crippen MR) is 88.9 cm³/mol. The summed E-state index contributed by atoms with van der Waals surface area (Å²) in [5.41, 5.74) is 11.2. The van der Waals surface area contributed by atoms with Gasteiger partial charge < -0.3 is 10.6 Å². The van der Waals surface area contributed by atoms with Crippen molar-refractivity contribution in [1.82, 2.24) is 4.98 Å². The Kier molecular flexibility index (Phi) is 3.59. The summed E-state index contributed by atoms with van der Waals surface area (Å²) in [6.07, 6.45) is 0. The number of pyridine rings is 1. The summed E-state index contributed by atoms with van der Waals surface area (Å²) in [6.45, 7) is 2.60. The molecule has 1 heterocycles. The first-order chi connectivity index (χ1) is 10.2. The van der Waals surface area contributed by atoms with Gasteiger partial charge in [-0.3, -0.25) is 4.98 Å². The summed E-state index contributed by atoms with van der Waals surface area (Å²) in [7, 11) is 2.08. The van der Waals surface area contributed by atoms with Gasteiger partial charge in [-0.2, -0.15) is 0 Å². The molecule has 3 heteroatoms. The summed E-state index contributed by atoms with van der Waals surface area (Å²) in [5.74, 6) is 0. The van der Waals surface area contributed by atoms with Crippen molar-refractivity contribution in [2.24, 2.45) is 5.73 Å². The minimum Gasteiger partial charge on any atom is -0.344 e. The third-order valence-electron chi connectivity index (χ3n) is 3.74. The third kappa shape index (κ3) is 2.60. The van der Waals surface area contributed by atoms with E-state index in [4.69, 9.17) is 5.73 Å². The molecule has 0 amide bonds. The number of hydrogen-bond donors (Lipinski definition) is 1. The lowest BCUT2D eigenvalue weighted by Gasteiger charge is -2.22. The van der Waals surface area contributed by atoms with Crippen molar-refractivity contribution >= 4 is 22.3 Å². The Hall–Kier alpha value is -2.39. The molecule has 0 spiro atoms. The van der Waals surface area contributed by atoms with Crippen LogP contribution >= 0.6 is 0 Å². The molecule has 3 nitrogen and oxygen atoms in total. The highest BCUT2D eigenvalue weighted by Crippen LogP contribution is 2.31. The molecule has 0 fully saturated rings. The molecule has 0 bridgehead atoms. The number of para-hydroxylation sites is 1. The highest BCUT2D eigenvalue weighted by molar-refractivity contribution is 5.93. The first-order valence-electron chi connectivity index (χ1n) is 7.08. The van der Waals surface area contributed by atoms with Crippen molar-refractivity contribution in [1.29, 1.82) is 0 Å². The van der Waals surface area contributed by atoms with Gasteiger partial charge in [0.2, 0.25) is 0 Å². The number of nitrogens with zero attached hydrogens (tertiary/aromatic N) is 2. The zero-order valence-corrected chi connectivity index (χ0v) is 12.4. The van der Waals surface area contributed by atoms with E-state index in [2.05, 4.69) is 59.4 Å². The lowest BCUT2D eigenvalue weighted by Crippen LogP contribution is -2.11. The van der Waals surface area contributed by atoms with Gasteiger partial charge in [0.25, 0.3) is 0 Å². The summed E-state index contributed by atoms with van der Waals surface area (Å²) in [6, 6.07) is 18.7. The number of hydrogen-bond acceptors (Lipinski definition) is 3. The number of benzene rings is 2. The molecule has 0 saturated heterocycles. The summed E-state index contributed by atoms with van der Waals surface area (Å²) < 4.78 is 0. The van der Waals surface area contributed by atoms with Crippen LogP contribution in [0, 0.1) is 6.92 Å². The quantitative estimate of drug-likeness (QED) is 0.792. The Morgan fingerprint density at radius 3 is 2.48 bits per heavy atom. The van der Waals surface area contributed by atoms with Crippen LogP contribution in [-0.2, 0) is 6.54 Å². The molecule has 0 aliphatic carbocycles. The molecule has 3 rings (SSSR count). The van der Waals surface area contributed by atoms with E-state index in [9.17, 15) is 0 Å². The first-order valence-corrected chi connectivity index (χ1v) is 7.08. The lowest BCUT2D eigenvalue weighted by molar-refractivity contribution is 1.07. The van der Waals surface area contributed by atoms with Crippen molar-refractivity contribution in [3.63, 3.8) is 0 Å². The van der Waals surface area contributed by atoms with Crippen LogP contribution in [0.2, 0.25) is 0 Å². The van der Waals surface area contributed by atoms with Crippen LogP contribution in [0.25, 0.3) is 10.9 Å². The normalized spacial score (nSPS) is 10.8. The zero-order valence-electron chi connectivity index (χ0n) is 12.4. The smallest absolute Gasteiger partial charge is 0.0726 e. The fourth-order valence-electron chi connectivity index (χ4n) is 2.56. The molecule has 2 aromatic carbocycles. The molecule has 0 aliphatic rings. The van der Waals surface area contributed by atoms with Crippen LogP contribution in [0.4, 0.5) is 11.4 Å². The van der Waals surface area contributed by atoms with Gasteiger partial charge in [-0.15, -0.1) is 0 Å². The molecule has 106 valence electrons. The molecule has 1 aromatic heterocycles. The van der Waals surface area contributed by atoms with Gasteiger partial charge in [0.15, 0.2) is 0 Å². The van der Waals surface area contributed by atoms with E-state index in [0.717, 1.165) is 27.8 Å². The summed E-state index contributed by atoms with van der Waals surface area (Å²) in [5, 5.41) is 1.16. The third-order valence-corrected chi connectivity index (χ3v) is 3.74. The van der Waals surface area contributed by atoms with Crippen LogP contribution in [0.5, 0.6) is 0 Å². The van der Waals surface area contributed by atoms with Crippen LogP contribution in [0.15, 0.2) is 54.6 Å². The molecule has 2 N–H and O–H groups in total. The van der Waals surface area contributed by atoms with Gasteiger partial charge in [-0.05, 0) is 36.8 Å². The molecule has 0 atom stereocenters. The maximum Gasteiger partial charge on any atom is 0.0726 e. The van der Waals surface area contributed by atoms with E-state index < -0.39 is 0 Å². The van der Waals surface area contributed by atoms with E-state index in [1.165, 1.54) is 5.69 Å². The second kappa shape index (κ2) is 5.54. The minimum atomic E-state index is 0.571. The molecular formula is C18H19N3. The second-order valence-corrected chi connectivity index (χ2v) is 5.23. The molecule has 21 heavy (non-hydrogen) atoms. The molecular weight excluding hydrogens is 258 g/mol. The van der Waals surface area contributed by atoms with Crippen LogP contribution in [0.3, 0.4) is 0 Å². The van der Waals surface area contributed by atoms with Gasteiger partial charge >= 0.3 is 0 Å². The fourth-order valence-corrected chi connectivity index (χ4v) is 2.56. The van der Waals surface area contributed by atoms with Gasteiger partial charge in [0.1, 0.15) is 0 Å². The Bertz CT molecular complexity index is 763. The van der Waals surface area contributed by atoms with Gasteiger partial charge in [0, 0.05) is 30.4 Å². The first kappa shape index (κ1) is 13.6. The van der Waals surface area contributed by atoms with Crippen molar-refractivity contribution in [3.8, 4) is 0 Å². The van der Waals surface area contributed by atoms with Crippen molar-refractivity contribution in [3.05, 3.63) is 65.9 Å². The molecule has 0 saturated carbocycles. The predicted octanol–water partition coefficient (Wildman–Crippen LogP) is 3.77. The highest BCUT2D eigenvalue weighted by atomic mass is 15.1. The SMILES string of the molecule is Cc1cc(N(C)c2ccc(CN)cc2)c2ccccc2n1. The lowest BCUT2D eigenvalue weighted by atomic mass is 10.1. The summed E-state index contributed by atoms with van der Waals surface area (Å²) >= 11 is 0. The monoisotopic (exact) mass is 277 g/mol. The standard InChI is InChI=1S/C18H19N3/c1-13-11-18(16-5-3-4-6-17(16)20-13)21(2)15-9-7-14(12-19)8-10-15/h3-11H,12,19H2,1-2H3. The van der Waals surface area contributed by atoms with Crippen molar-refractivity contribution in [2.75, 3.05) is 11.9 Å². The number of aryl methyl sites for hydroxylation is 1. The Morgan fingerprint density at radius 1 is 1.05 bits per heavy atom. The fraction of sp³-hybridized carbons (Fsp3) is 0.167. The second-order valence-electron chi connectivity index (χ2n) is 5.23. The van der Waals surface area contributed by atoms with E-state index in [-0.39, 0.29) is 0 Å². The molecule has 0 aliphatic heterocycles. The maximum atomic E-state index is 5.66. The highest BCUT2D eigenvalue weighted by Gasteiger charge is 2.09. The van der Waals surface area contributed by atoms with E-state index in [0.29, 0.717) is 6.54 Å². The van der Waals surface area contributed by atoms with Crippen LogP contribution < -0.4 is 10.6 Å². The van der Waals surface area contributed by atoms with Gasteiger partial charge in [0.05, 0.1) is 11.2 Å². The molecule has 0 radical (unpaired) electrons. The van der Waals surface area contributed by atoms with Gasteiger partial charge in [-0.1, -0.05) is 30.3 Å². The number of nitrogens with two attached hydrogens (primary N) is 1. The van der Waals surface area contributed by atoms with Gasteiger partial charge in [-0.25, -0.2) is 0 Å². The molecule has 0 unspecified atom stereocenters. The Labute approximate surface area is 125 Å². The van der Waals surface area contributed by atoms with Crippen LogP contribution in [-0.4, -0.2) is 12.0 Å². The zero-order chi connectivity index (χ0) is 14.8. The average molecular weight is 277 g/mol. The number of anilines is 2. The average Bonchev–Trinajstić information content (AvgIpc) is 2.53. The molecule has 3 aromatic rings. The van der Waals surface area contributed by atoms with E-state index >= 15 is 0 Å². The largest absolute Gasteiger partial charge is 0.344 e. The minimum absolute atomic E-state index is 0.571. The number of rotatable bonds is 3. The van der Waals surface area contributed by atoms with Crippen molar-refractivity contribution < 1.29 is 0 Å². The van der Waals surface area contributed by atoms with E-state index in [1.807, 2.05) is 19.1 Å². The number of aromatic nitrogens is 1.